The predicted molar refractivity (Wildman–Crippen MR) is 84.5 cm³/mol. The van der Waals surface area contributed by atoms with Crippen LogP contribution in [0.15, 0.2) is 12.1 Å². The summed E-state index contributed by atoms with van der Waals surface area (Å²) in [7, 11) is 2.26. The minimum absolute atomic E-state index is 0.727. The van der Waals surface area contributed by atoms with Crippen LogP contribution in [0.2, 0.25) is 0 Å². The Morgan fingerprint density at radius 2 is 1.95 bits per heavy atom. The molecular weight excluding hydrogens is 252 g/mol. The molecule has 0 aromatic carbocycles. The topological polar surface area (TPSA) is 15.3 Å². The highest BCUT2D eigenvalue weighted by atomic mass is 32.1. The molecule has 2 nitrogen and oxygen atoms in total. The van der Waals surface area contributed by atoms with Crippen molar-refractivity contribution in [3.8, 4) is 0 Å². The maximum Gasteiger partial charge on any atom is 0.0327 e. The first-order valence-corrected chi connectivity index (χ1v) is 8.36. The predicted octanol–water partition coefficient (Wildman–Crippen LogP) is 3.72. The molecule has 1 aliphatic carbocycles. The van der Waals surface area contributed by atoms with Crippen LogP contribution in [-0.4, -0.2) is 24.5 Å². The molecule has 0 radical (unpaired) electrons. The fourth-order valence-electron chi connectivity index (χ4n) is 2.41. The third-order valence-corrected chi connectivity index (χ3v) is 5.04. The molecule has 1 atom stereocenters. The van der Waals surface area contributed by atoms with E-state index in [4.69, 9.17) is 0 Å². The van der Waals surface area contributed by atoms with E-state index in [9.17, 15) is 0 Å². The maximum atomic E-state index is 3.52. The smallest absolute Gasteiger partial charge is 0.0327 e. The van der Waals surface area contributed by atoms with Crippen molar-refractivity contribution < 1.29 is 0 Å². The zero-order valence-electron chi connectivity index (χ0n) is 12.8. The largest absolute Gasteiger partial charge is 0.312 e. The highest BCUT2D eigenvalue weighted by Gasteiger charge is 2.30. The summed E-state index contributed by atoms with van der Waals surface area (Å²) in [6.07, 6.45) is 2.86. The van der Waals surface area contributed by atoms with Gasteiger partial charge in [0.2, 0.25) is 0 Å². The lowest BCUT2D eigenvalue weighted by atomic mass is 10.2. The Morgan fingerprint density at radius 1 is 1.26 bits per heavy atom. The van der Waals surface area contributed by atoms with E-state index in [-0.39, 0.29) is 0 Å². The summed E-state index contributed by atoms with van der Waals surface area (Å²) < 4.78 is 0. The van der Waals surface area contributed by atoms with E-state index in [1.807, 2.05) is 11.3 Å². The highest BCUT2D eigenvalue weighted by molar-refractivity contribution is 7.11. The molecule has 108 valence electrons. The third kappa shape index (κ3) is 4.90. The van der Waals surface area contributed by atoms with Crippen LogP contribution in [-0.2, 0) is 13.1 Å². The van der Waals surface area contributed by atoms with Crippen molar-refractivity contribution in [1.82, 2.24) is 10.2 Å². The van der Waals surface area contributed by atoms with E-state index in [1.165, 1.54) is 22.6 Å². The molecule has 1 unspecified atom stereocenters. The van der Waals surface area contributed by atoms with Crippen molar-refractivity contribution in [3.05, 3.63) is 21.9 Å². The van der Waals surface area contributed by atoms with Crippen LogP contribution in [0.25, 0.3) is 0 Å². The van der Waals surface area contributed by atoms with Gasteiger partial charge < -0.3 is 5.32 Å². The first-order valence-electron chi connectivity index (χ1n) is 7.54. The summed E-state index contributed by atoms with van der Waals surface area (Å²) in [5.41, 5.74) is 0. The highest BCUT2D eigenvalue weighted by Crippen LogP contribution is 2.35. The molecule has 1 saturated carbocycles. The van der Waals surface area contributed by atoms with Crippen LogP contribution in [0.1, 0.15) is 43.4 Å². The monoisotopic (exact) mass is 280 g/mol. The molecule has 1 heterocycles. The standard InChI is InChI=1S/C16H28N2S/c1-12(2)9-17-10-15-7-8-16(19-15)11-18(4)13(3)14-5-6-14/h7-8,12-14,17H,5-6,9-11H2,1-4H3. The van der Waals surface area contributed by atoms with Gasteiger partial charge in [-0.15, -0.1) is 11.3 Å². The van der Waals surface area contributed by atoms with Gasteiger partial charge in [-0.25, -0.2) is 0 Å². The van der Waals surface area contributed by atoms with Gasteiger partial charge in [-0.05, 0) is 57.3 Å². The van der Waals surface area contributed by atoms with E-state index in [1.54, 1.807) is 0 Å². The quantitative estimate of drug-likeness (QED) is 0.780. The van der Waals surface area contributed by atoms with Crippen LogP contribution >= 0.6 is 11.3 Å². The number of nitrogens with zero attached hydrogens (tertiary/aromatic N) is 1. The molecule has 1 aromatic heterocycles. The zero-order valence-corrected chi connectivity index (χ0v) is 13.6. The van der Waals surface area contributed by atoms with Gasteiger partial charge in [0.1, 0.15) is 0 Å². The van der Waals surface area contributed by atoms with Crippen molar-refractivity contribution in [3.63, 3.8) is 0 Å². The Morgan fingerprint density at radius 3 is 2.58 bits per heavy atom. The number of hydrogen-bond acceptors (Lipinski definition) is 3. The van der Waals surface area contributed by atoms with Crippen molar-refractivity contribution in [1.29, 1.82) is 0 Å². The first kappa shape index (κ1) is 15.0. The average Bonchev–Trinajstić information content (AvgIpc) is 3.11. The number of thiophene rings is 1. The maximum absolute atomic E-state index is 3.52. The molecule has 1 N–H and O–H groups in total. The van der Waals surface area contributed by atoms with Crippen LogP contribution < -0.4 is 5.32 Å². The van der Waals surface area contributed by atoms with Gasteiger partial charge in [-0.1, -0.05) is 13.8 Å². The van der Waals surface area contributed by atoms with Crippen LogP contribution in [0.5, 0.6) is 0 Å². The lowest BCUT2D eigenvalue weighted by Crippen LogP contribution is -2.29. The molecule has 0 aliphatic heterocycles. The Balaban J connectivity index is 1.76. The second-order valence-electron chi connectivity index (χ2n) is 6.39. The molecule has 0 saturated heterocycles. The Labute approximate surface area is 122 Å². The zero-order chi connectivity index (χ0) is 13.8. The second kappa shape index (κ2) is 6.87. The van der Waals surface area contributed by atoms with Crippen molar-refractivity contribution in [2.75, 3.05) is 13.6 Å². The number of nitrogens with one attached hydrogen (secondary N) is 1. The van der Waals surface area contributed by atoms with Crippen molar-refractivity contribution >= 4 is 11.3 Å². The molecule has 0 bridgehead atoms. The van der Waals surface area contributed by atoms with Crippen LogP contribution in [0.4, 0.5) is 0 Å². The van der Waals surface area contributed by atoms with E-state index in [0.29, 0.717) is 0 Å². The van der Waals surface area contributed by atoms with Crippen molar-refractivity contribution in [2.24, 2.45) is 11.8 Å². The summed E-state index contributed by atoms with van der Waals surface area (Å²) >= 11 is 1.96. The Kier molecular flexibility index (Phi) is 5.43. The van der Waals surface area contributed by atoms with Crippen LogP contribution in [0.3, 0.4) is 0 Å². The van der Waals surface area contributed by atoms with Gasteiger partial charge in [-0.3, -0.25) is 4.90 Å². The van der Waals surface area contributed by atoms with Crippen molar-refractivity contribution in [2.45, 2.75) is 52.7 Å². The second-order valence-corrected chi connectivity index (χ2v) is 7.64. The van der Waals surface area contributed by atoms with Gasteiger partial charge in [0, 0.05) is 28.9 Å². The van der Waals surface area contributed by atoms with Gasteiger partial charge in [-0.2, -0.15) is 0 Å². The van der Waals surface area contributed by atoms with E-state index < -0.39 is 0 Å². The molecule has 3 heteroatoms. The minimum atomic E-state index is 0.727. The summed E-state index contributed by atoms with van der Waals surface area (Å²) in [6.45, 7) is 10.1. The average molecular weight is 280 g/mol. The number of rotatable bonds is 8. The van der Waals surface area contributed by atoms with E-state index in [2.05, 4.69) is 50.2 Å². The normalized spacial score (nSPS) is 17.4. The summed E-state index contributed by atoms with van der Waals surface area (Å²) in [6, 6.07) is 5.32. The summed E-state index contributed by atoms with van der Waals surface area (Å²) in [4.78, 5) is 5.47. The molecule has 1 aliphatic rings. The van der Waals surface area contributed by atoms with E-state index >= 15 is 0 Å². The Hall–Kier alpha value is -0.380. The molecule has 0 spiro atoms. The Bertz CT molecular complexity index is 382. The van der Waals surface area contributed by atoms with Gasteiger partial charge in [0.15, 0.2) is 0 Å². The summed E-state index contributed by atoms with van der Waals surface area (Å²) in [5, 5.41) is 3.52. The molecule has 1 aromatic rings. The fraction of sp³-hybridized carbons (Fsp3) is 0.750. The molecular formula is C16H28N2S. The van der Waals surface area contributed by atoms with E-state index in [0.717, 1.165) is 37.5 Å². The van der Waals surface area contributed by atoms with Gasteiger partial charge in [0.25, 0.3) is 0 Å². The third-order valence-electron chi connectivity index (χ3n) is 3.97. The molecule has 19 heavy (non-hydrogen) atoms. The molecule has 0 amide bonds. The lowest BCUT2D eigenvalue weighted by molar-refractivity contribution is 0.228. The van der Waals surface area contributed by atoms with Gasteiger partial charge in [0.05, 0.1) is 0 Å². The number of hydrogen-bond donors (Lipinski definition) is 1. The SMILES string of the molecule is CC(C)CNCc1ccc(CN(C)C(C)C2CC2)s1. The van der Waals surface area contributed by atoms with Crippen LogP contribution in [0, 0.1) is 11.8 Å². The summed E-state index contributed by atoms with van der Waals surface area (Å²) in [5.74, 6) is 1.68. The molecule has 1 fully saturated rings. The lowest BCUT2D eigenvalue weighted by Gasteiger charge is -2.23. The fourth-order valence-corrected chi connectivity index (χ4v) is 3.47. The van der Waals surface area contributed by atoms with Gasteiger partial charge >= 0.3 is 0 Å². The minimum Gasteiger partial charge on any atom is -0.312 e. The first-order chi connectivity index (χ1) is 9.06. The molecule has 2 rings (SSSR count).